The monoisotopic (exact) mass is 290 g/mol. The van der Waals surface area contributed by atoms with E-state index in [1.165, 1.54) is 0 Å². The molecule has 2 aliphatic rings. The Morgan fingerprint density at radius 1 is 1.33 bits per heavy atom. The van der Waals surface area contributed by atoms with Crippen molar-refractivity contribution >= 4 is 11.8 Å². The van der Waals surface area contributed by atoms with Gasteiger partial charge in [0, 0.05) is 38.8 Å². The molecule has 114 valence electrons. The highest BCUT2D eigenvalue weighted by Gasteiger charge is 2.40. The van der Waals surface area contributed by atoms with Gasteiger partial charge in [-0.25, -0.2) is 0 Å². The van der Waals surface area contributed by atoms with E-state index in [0.29, 0.717) is 25.7 Å². The first-order valence-electron chi connectivity index (χ1n) is 7.49. The Morgan fingerprint density at radius 3 is 2.71 bits per heavy atom. The van der Waals surface area contributed by atoms with Crippen LogP contribution in [0.25, 0.3) is 0 Å². The molecule has 2 N–H and O–H groups in total. The van der Waals surface area contributed by atoms with Crippen molar-refractivity contribution in [2.24, 2.45) is 16.1 Å². The smallest absolute Gasteiger partial charge is 0.224 e. The molecule has 6 heteroatoms. The summed E-state index contributed by atoms with van der Waals surface area (Å²) in [5.41, 5.74) is -0.417. The second kappa shape index (κ2) is 6.70. The maximum absolute atomic E-state index is 12.0. The van der Waals surface area contributed by atoms with Crippen LogP contribution in [0.5, 0.6) is 0 Å². The number of nitrogens with one attached hydrogen (secondary N) is 2. The number of terminal acetylenes is 1. The van der Waals surface area contributed by atoms with Crippen LogP contribution in [0.3, 0.4) is 0 Å². The van der Waals surface area contributed by atoms with Crippen LogP contribution in [0.2, 0.25) is 0 Å². The van der Waals surface area contributed by atoms with Gasteiger partial charge in [-0.3, -0.25) is 9.59 Å². The summed E-state index contributed by atoms with van der Waals surface area (Å²) in [5, 5.41) is 13.7. The largest absolute Gasteiger partial charge is 0.359 e. The van der Waals surface area contributed by atoms with Gasteiger partial charge in [0.25, 0.3) is 0 Å². The van der Waals surface area contributed by atoms with E-state index in [0.717, 1.165) is 19.3 Å². The molecule has 21 heavy (non-hydrogen) atoms. The maximum Gasteiger partial charge on any atom is 0.224 e. The second-order valence-corrected chi connectivity index (χ2v) is 5.71. The molecule has 0 aromatic heterocycles. The molecule has 6 nitrogen and oxygen atoms in total. The van der Waals surface area contributed by atoms with Gasteiger partial charge in [0.1, 0.15) is 0 Å². The summed E-state index contributed by atoms with van der Waals surface area (Å²) in [6, 6.07) is -0.0489. The first kappa shape index (κ1) is 15.5. The highest BCUT2D eigenvalue weighted by molar-refractivity contribution is 5.81. The Kier molecular flexibility index (Phi) is 4.94. The van der Waals surface area contributed by atoms with Crippen molar-refractivity contribution < 1.29 is 9.59 Å². The lowest BCUT2D eigenvalue weighted by Crippen LogP contribution is -2.43. The van der Waals surface area contributed by atoms with Crippen LogP contribution in [0.1, 0.15) is 44.9 Å². The van der Waals surface area contributed by atoms with Gasteiger partial charge in [0.05, 0.1) is 5.92 Å². The summed E-state index contributed by atoms with van der Waals surface area (Å²) in [5.74, 6) is 2.44. The van der Waals surface area contributed by atoms with Crippen molar-refractivity contribution in [2.75, 3.05) is 7.05 Å². The van der Waals surface area contributed by atoms with Crippen LogP contribution in [-0.2, 0) is 9.59 Å². The zero-order valence-electron chi connectivity index (χ0n) is 12.4. The number of carbonyl (C=O) groups is 2. The third-order valence-corrected chi connectivity index (χ3v) is 4.25. The highest BCUT2D eigenvalue weighted by Crippen LogP contribution is 2.37. The van der Waals surface area contributed by atoms with Gasteiger partial charge in [-0.1, -0.05) is 6.42 Å². The Labute approximate surface area is 125 Å². The van der Waals surface area contributed by atoms with Crippen molar-refractivity contribution in [2.45, 2.75) is 56.7 Å². The van der Waals surface area contributed by atoms with E-state index in [4.69, 9.17) is 6.42 Å². The van der Waals surface area contributed by atoms with Gasteiger partial charge < -0.3 is 10.6 Å². The summed E-state index contributed by atoms with van der Waals surface area (Å²) in [6.45, 7) is 0. The minimum Gasteiger partial charge on any atom is -0.359 e. The highest BCUT2D eigenvalue weighted by atomic mass is 16.2. The van der Waals surface area contributed by atoms with E-state index in [9.17, 15) is 9.59 Å². The topological polar surface area (TPSA) is 82.9 Å². The number of nitrogens with zero attached hydrogens (tertiary/aromatic N) is 2. The van der Waals surface area contributed by atoms with Crippen molar-refractivity contribution in [3.8, 4) is 12.3 Å². The number of hydrogen-bond acceptors (Lipinski definition) is 4. The van der Waals surface area contributed by atoms with Crippen molar-refractivity contribution in [1.82, 2.24) is 10.6 Å². The molecule has 0 spiro atoms. The van der Waals surface area contributed by atoms with Crippen LogP contribution in [0.4, 0.5) is 0 Å². The summed E-state index contributed by atoms with van der Waals surface area (Å²) in [7, 11) is 1.63. The number of amides is 2. The maximum atomic E-state index is 12.0. The Morgan fingerprint density at radius 2 is 2.10 bits per heavy atom. The molecule has 1 saturated carbocycles. The molecule has 0 aromatic carbocycles. The molecule has 0 saturated heterocycles. The zero-order chi connectivity index (χ0) is 15.3. The average molecular weight is 290 g/mol. The third kappa shape index (κ3) is 4.03. The molecule has 1 fully saturated rings. The van der Waals surface area contributed by atoms with Crippen molar-refractivity contribution in [1.29, 1.82) is 0 Å². The Hall–Kier alpha value is -1.90. The molecule has 0 aromatic rings. The van der Waals surface area contributed by atoms with Gasteiger partial charge in [-0.05, 0) is 12.8 Å². The third-order valence-electron chi connectivity index (χ3n) is 4.25. The Balaban J connectivity index is 1.75. The summed E-state index contributed by atoms with van der Waals surface area (Å²) in [6.07, 6.45) is 10.2. The van der Waals surface area contributed by atoms with E-state index >= 15 is 0 Å². The van der Waals surface area contributed by atoms with Gasteiger partial charge in [0.2, 0.25) is 11.8 Å². The van der Waals surface area contributed by atoms with E-state index in [1.54, 1.807) is 7.05 Å². The van der Waals surface area contributed by atoms with Crippen LogP contribution >= 0.6 is 0 Å². The second-order valence-electron chi connectivity index (χ2n) is 5.71. The van der Waals surface area contributed by atoms with Crippen LogP contribution in [0, 0.1) is 18.3 Å². The van der Waals surface area contributed by atoms with E-state index in [-0.39, 0.29) is 23.8 Å². The van der Waals surface area contributed by atoms with Gasteiger partial charge in [-0.2, -0.15) is 10.2 Å². The lowest BCUT2D eigenvalue weighted by molar-refractivity contribution is -0.126. The molecule has 2 amide bonds. The summed E-state index contributed by atoms with van der Waals surface area (Å²) < 4.78 is 0. The number of carbonyl (C=O) groups excluding carboxylic acids is 2. The molecule has 2 rings (SSSR count). The minimum absolute atomic E-state index is 0.00971. The van der Waals surface area contributed by atoms with E-state index < -0.39 is 5.66 Å². The fraction of sp³-hybridized carbons (Fsp3) is 0.733. The van der Waals surface area contributed by atoms with E-state index in [2.05, 4.69) is 26.8 Å². The Bertz CT molecular complexity index is 475. The SMILES string of the molecule is C#CCCC1(CCC(=O)N[C@H]2CCC[C@H]2C(=O)NC)N=N1. The first-order chi connectivity index (χ1) is 10.1. The number of hydrogen-bond donors (Lipinski definition) is 2. The molecule has 0 radical (unpaired) electrons. The van der Waals surface area contributed by atoms with Crippen LogP contribution in [0.15, 0.2) is 10.2 Å². The summed E-state index contributed by atoms with van der Waals surface area (Å²) in [4.78, 5) is 23.8. The van der Waals surface area contributed by atoms with Crippen LogP contribution in [-0.4, -0.2) is 30.6 Å². The average Bonchev–Trinajstić information content (AvgIpc) is 3.12. The fourth-order valence-electron chi connectivity index (χ4n) is 2.89. The zero-order valence-corrected chi connectivity index (χ0v) is 12.4. The van der Waals surface area contributed by atoms with Crippen molar-refractivity contribution in [3.05, 3.63) is 0 Å². The molecule has 2 atom stereocenters. The molecular weight excluding hydrogens is 268 g/mol. The lowest BCUT2D eigenvalue weighted by Gasteiger charge is -2.20. The first-order valence-corrected chi connectivity index (χ1v) is 7.49. The predicted octanol–water partition coefficient (Wildman–Crippen LogP) is 1.37. The molecule has 1 aliphatic heterocycles. The van der Waals surface area contributed by atoms with Gasteiger partial charge >= 0.3 is 0 Å². The normalized spacial score (nSPS) is 25.1. The molecule has 0 bridgehead atoms. The molecular formula is C15H22N4O2. The van der Waals surface area contributed by atoms with E-state index in [1.807, 2.05) is 0 Å². The predicted molar refractivity (Wildman–Crippen MR) is 78.2 cm³/mol. The van der Waals surface area contributed by atoms with Crippen LogP contribution < -0.4 is 10.6 Å². The molecule has 1 aliphatic carbocycles. The molecule has 0 unspecified atom stereocenters. The summed E-state index contributed by atoms with van der Waals surface area (Å²) >= 11 is 0. The lowest BCUT2D eigenvalue weighted by atomic mass is 10.0. The standard InChI is InChI=1S/C15H22N4O2/c1-3-4-9-15(18-19-15)10-8-13(20)17-12-7-5-6-11(12)14(21)16-2/h1,11-12H,4-10H2,2H3,(H,16,21)(H,17,20)/t11-,12+/m1/s1. The quantitative estimate of drug-likeness (QED) is 0.694. The number of rotatable bonds is 7. The van der Waals surface area contributed by atoms with Crippen molar-refractivity contribution in [3.63, 3.8) is 0 Å². The van der Waals surface area contributed by atoms with Gasteiger partial charge in [-0.15, -0.1) is 12.3 Å². The van der Waals surface area contributed by atoms with Gasteiger partial charge in [0.15, 0.2) is 5.66 Å². The molecule has 1 heterocycles. The fourth-order valence-corrected chi connectivity index (χ4v) is 2.89. The minimum atomic E-state index is -0.417.